The van der Waals surface area contributed by atoms with E-state index in [4.69, 9.17) is 0 Å². The van der Waals surface area contributed by atoms with E-state index >= 15 is 0 Å². The van der Waals surface area contributed by atoms with E-state index < -0.39 is 215 Å². The molecule has 0 bridgehead atoms. The van der Waals surface area contributed by atoms with Crippen molar-refractivity contribution in [2.24, 2.45) is 0 Å². The Labute approximate surface area is 558 Å². The zero-order valence-electron chi connectivity index (χ0n) is 51.6. The lowest BCUT2D eigenvalue weighted by molar-refractivity contribution is -0.325. The normalized spacial score (nSPS) is 15.2. The predicted octanol–water partition coefficient (Wildman–Crippen LogP) is 0.745. The van der Waals surface area contributed by atoms with Crippen molar-refractivity contribution in [3.8, 4) is 0 Å². The molecule has 0 spiro atoms. The standard InChI is InChI=1S/C10H19F6N3O6S3.C9H14F6O8S3.C7H19N3O6S3.C6H5F9O9S3/c1-17(2)9(13,14)8(11,12)10(15,16)26(20,21)7(27(22,23)18(3)4)28(24,25)19(5)6;1-2-3-4-5-6-24(16,17)7(25(18,19)22-8(10,11)12)26(20,21)23-9(13,14)15;1-8(2)17(11,12)7(18(13,14)9(3)4)19(15,16)10(5)6;7-4(8,9)1-22-25(16,17)3(27(20,21)24-6(13,14)15)26(18,19)23-2-5(10,11)12/h7H,1-6H3;7H,2-6H2,1H3;7H,1-6H3;3H,1-2H2. The van der Waals surface area contributed by atoms with Gasteiger partial charge < -0.3 is 0 Å². The van der Waals surface area contributed by atoms with Crippen LogP contribution in [-0.2, 0) is 141 Å². The van der Waals surface area contributed by atoms with E-state index in [1.165, 1.54) is 0 Å². The Morgan fingerprint density at radius 1 is 0.310 bits per heavy atom. The van der Waals surface area contributed by atoms with Gasteiger partial charge in [-0.2, -0.15) is 107 Å². The molecule has 0 heterocycles. The van der Waals surface area contributed by atoms with Gasteiger partial charge >= 0.3 is 111 Å². The van der Waals surface area contributed by atoms with Gasteiger partial charge in [0.2, 0.25) is 50.1 Å². The molecule has 0 aromatic carbocycles. The first-order valence-corrected chi connectivity index (χ1v) is 41.9. The molecule has 0 saturated heterocycles. The van der Waals surface area contributed by atoms with Crippen molar-refractivity contribution >= 4 is 120 Å². The van der Waals surface area contributed by atoms with Crippen molar-refractivity contribution in [1.29, 1.82) is 0 Å². The van der Waals surface area contributed by atoms with Crippen molar-refractivity contribution in [3.63, 3.8) is 0 Å². The second kappa shape index (κ2) is 34.6. The average molecular weight is 1770 g/mol. The van der Waals surface area contributed by atoms with E-state index in [0.717, 1.165) is 42.3 Å². The van der Waals surface area contributed by atoms with Crippen LogP contribution in [0.2, 0.25) is 0 Å². The molecule has 0 aromatic heterocycles. The maximum atomic E-state index is 14.3. The predicted molar refractivity (Wildman–Crippen MR) is 294 cm³/mol. The summed E-state index contributed by atoms with van der Waals surface area (Å²) in [6.07, 6.45) is -29.0. The fraction of sp³-hybridized carbons (Fsp3) is 1.00. The number of sulfonamides is 5. The number of halogens is 21. The molecule has 0 unspecified atom stereocenters. The SMILES string of the molecule is CCCCCCS(=O)(=O)C(S(=O)(=O)OC(F)(F)F)S(=O)(=O)OC(F)(F)F.CN(C)C(F)(F)C(F)(F)C(F)(F)S(=O)(=O)C(S(=O)(=O)N(C)C)S(=O)(=O)N(C)C.CN(C)S(=O)(=O)C(S(=O)(=O)N(C)C)S(=O)(=O)N(C)C.O=S(=O)(OCC(F)(F)F)C(S(=O)(=O)OCC(F)(F)F)S(=O)(=O)OC(F)(F)F. The number of unbranched alkanes of at least 4 members (excludes halogenated alkanes) is 3. The molecule has 608 valence electrons. The van der Waals surface area contributed by atoms with Crippen LogP contribution in [0.25, 0.3) is 0 Å². The lowest BCUT2D eigenvalue weighted by Gasteiger charge is -2.37. The minimum Gasteiger partial charge on any atom is -0.259 e. The summed E-state index contributed by atoms with van der Waals surface area (Å²) in [7, 11) is -62.9. The Hall–Kier alpha value is -2.51. The molecule has 0 aliphatic heterocycles. The summed E-state index contributed by atoms with van der Waals surface area (Å²) in [5.74, 6) is -8.02. The molecule has 0 amide bonds. The molecule has 68 heteroatoms. The smallest absolute Gasteiger partial charge is 0.259 e. The van der Waals surface area contributed by atoms with Gasteiger partial charge in [-0.1, -0.05) is 26.2 Å². The molecule has 0 N–H and O–H groups in total. The highest BCUT2D eigenvalue weighted by Gasteiger charge is 2.81. The number of nitrogens with zero attached hydrogens (tertiary/aromatic N) is 6. The summed E-state index contributed by atoms with van der Waals surface area (Å²) < 4.78 is 546. The number of alkyl halides is 21. The molecular formula is C32H57F21N6O29S12. The maximum Gasteiger partial charge on any atom is 0.537 e. The average Bonchev–Trinajstić information content (AvgIpc) is 0.710. The summed E-state index contributed by atoms with van der Waals surface area (Å²) in [6.45, 7) is -4.18. The number of sulfone groups is 2. The molecule has 100 heavy (non-hydrogen) atoms. The second-order valence-electron chi connectivity index (χ2n) is 19.1. The molecule has 0 radical (unpaired) electrons. The summed E-state index contributed by atoms with van der Waals surface area (Å²) >= 11 is 0. The minimum absolute atomic E-state index is 0.100. The Kier molecular flexibility index (Phi) is 35.9. The van der Waals surface area contributed by atoms with Crippen LogP contribution in [0, 0.1) is 0 Å². The first kappa shape index (κ1) is 104. The lowest BCUT2D eigenvalue weighted by Crippen LogP contribution is -2.66. The molecule has 35 nitrogen and oxygen atoms in total. The Morgan fingerprint density at radius 2 is 0.550 bits per heavy atom. The largest absolute Gasteiger partial charge is 0.537 e. The molecule has 0 rings (SSSR count). The highest BCUT2D eigenvalue weighted by molar-refractivity contribution is 8.24. The third kappa shape index (κ3) is 29.0. The lowest BCUT2D eigenvalue weighted by atomic mass is 10.2. The zero-order valence-corrected chi connectivity index (χ0v) is 61.4. The van der Waals surface area contributed by atoms with Crippen LogP contribution >= 0.6 is 0 Å². The summed E-state index contributed by atoms with van der Waals surface area (Å²) in [5.41, 5.74) is 0. The van der Waals surface area contributed by atoms with Crippen molar-refractivity contribution < 1.29 is 214 Å². The number of hydrogen-bond acceptors (Lipinski definition) is 30. The molecule has 0 fully saturated rings. The van der Waals surface area contributed by atoms with Crippen LogP contribution in [0.3, 0.4) is 0 Å². The maximum absolute atomic E-state index is 14.3. The third-order valence-corrected chi connectivity index (χ3v) is 42.4. The zero-order chi connectivity index (χ0) is 82.3. The Morgan fingerprint density at radius 3 is 0.760 bits per heavy atom. The van der Waals surface area contributed by atoms with Crippen LogP contribution < -0.4 is 0 Å². The van der Waals surface area contributed by atoms with Crippen LogP contribution in [0.5, 0.6) is 0 Å². The molecule has 0 aliphatic carbocycles. The monoisotopic (exact) mass is 1770 g/mol. The van der Waals surface area contributed by atoms with Crippen LogP contribution in [0.4, 0.5) is 92.2 Å². The van der Waals surface area contributed by atoms with Gasteiger partial charge in [0.05, 0.1) is 5.75 Å². The first-order valence-electron chi connectivity index (χ1n) is 23.7. The Bertz CT molecular complexity index is 3970. The van der Waals surface area contributed by atoms with Gasteiger partial charge in [-0.3, -0.25) is 8.37 Å². The van der Waals surface area contributed by atoms with Gasteiger partial charge in [-0.05, 0) is 20.5 Å². The molecule has 0 aromatic rings. The van der Waals surface area contributed by atoms with E-state index in [-0.39, 0.29) is 29.1 Å². The van der Waals surface area contributed by atoms with Gasteiger partial charge in [-0.15, -0.1) is 39.5 Å². The van der Waals surface area contributed by atoms with E-state index in [9.17, 15) is 193 Å². The summed E-state index contributed by atoms with van der Waals surface area (Å²) in [5, 5.41) is -6.80. The van der Waals surface area contributed by atoms with Crippen molar-refractivity contribution in [1.82, 2.24) is 26.4 Å². The third-order valence-electron chi connectivity index (χ3n) is 9.84. The van der Waals surface area contributed by atoms with E-state index in [2.05, 4.69) is 20.9 Å². The van der Waals surface area contributed by atoms with Crippen molar-refractivity contribution in [2.45, 2.75) is 96.9 Å². The van der Waals surface area contributed by atoms with Gasteiger partial charge in [0.25, 0.3) is 13.8 Å². The molecule has 0 saturated carbocycles. The summed E-state index contributed by atoms with van der Waals surface area (Å²) in [4.78, 5) is -0.730. The van der Waals surface area contributed by atoms with Crippen molar-refractivity contribution in [3.05, 3.63) is 0 Å². The van der Waals surface area contributed by atoms with Gasteiger partial charge in [0.15, 0.2) is 23.1 Å². The van der Waals surface area contributed by atoms with E-state index in [0.29, 0.717) is 53.9 Å². The van der Waals surface area contributed by atoms with Crippen LogP contribution in [-0.4, -0.2) is 295 Å². The fourth-order valence-corrected chi connectivity index (χ4v) is 33.1. The van der Waals surface area contributed by atoms with E-state index in [1.807, 2.05) is 0 Å². The van der Waals surface area contributed by atoms with Crippen molar-refractivity contribution in [2.75, 3.05) is 104 Å². The fourth-order valence-electron chi connectivity index (χ4n) is 5.24. The number of hydrogen-bond donors (Lipinski definition) is 0. The van der Waals surface area contributed by atoms with Gasteiger partial charge in [0, 0.05) is 70.5 Å². The molecule has 0 atom stereocenters. The van der Waals surface area contributed by atoms with Gasteiger partial charge in [0.1, 0.15) is 0 Å². The molecular weight excluding hydrogens is 1720 g/mol. The second-order valence-corrected chi connectivity index (χ2v) is 46.4. The highest BCUT2D eigenvalue weighted by Crippen LogP contribution is 2.51. The van der Waals surface area contributed by atoms with Gasteiger partial charge in [-0.25, -0.2) is 85.4 Å². The molecule has 0 aliphatic rings. The quantitative estimate of drug-likeness (QED) is 0.0378. The minimum atomic E-state index is -7.33. The topological polar surface area (TPSA) is 475 Å². The van der Waals surface area contributed by atoms with E-state index in [1.54, 1.807) is 6.92 Å². The highest BCUT2D eigenvalue weighted by atomic mass is 32.3. The van der Waals surface area contributed by atoms with Crippen LogP contribution in [0.1, 0.15) is 32.6 Å². The van der Waals surface area contributed by atoms with Crippen LogP contribution in [0.15, 0.2) is 0 Å². The Balaban J connectivity index is -0.000000620. The number of rotatable bonds is 33. The first-order chi connectivity index (χ1) is 43.0. The summed E-state index contributed by atoms with van der Waals surface area (Å²) in [6, 6.07) is -5.79.